The van der Waals surface area contributed by atoms with Gasteiger partial charge in [-0.15, -0.1) is 0 Å². The normalized spacial score (nSPS) is 19.4. The van der Waals surface area contributed by atoms with E-state index in [0.29, 0.717) is 0 Å². The first kappa shape index (κ1) is 15.8. The number of hydrogen-bond acceptors (Lipinski definition) is 3. The van der Waals surface area contributed by atoms with Crippen molar-refractivity contribution in [1.29, 1.82) is 0 Å². The summed E-state index contributed by atoms with van der Waals surface area (Å²) in [7, 11) is 3.84. The molecule has 1 heterocycles. The van der Waals surface area contributed by atoms with E-state index < -0.39 is 0 Å². The summed E-state index contributed by atoms with van der Waals surface area (Å²) in [6.45, 7) is 4.91. The van der Waals surface area contributed by atoms with Crippen molar-refractivity contribution in [2.75, 3.05) is 14.2 Å². The Morgan fingerprint density at radius 2 is 2.10 bits per heavy atom. The van der Waals surface area contributed by atoms with Gasteiger partial charge in [-0.3, -0.25) is 4.68 Å². The molecule has 5 heteroatoms. The zero-order chi connectivity index (χ0) is 14.8. The molecule has 1 aromatic heterocycles. The minimum Gasteiger partial charge on any atom is -0.377 e. The third-order valence-corrected chi connectivity index (χ3v) is 5.18. The lowest BCUT2D eigenvalue weighted by Gasteiger charge is -2.36. The van der Waals surface area contributed by atoms with Gasteiger partial charge in [-0.25, -0.2) is 0 Å². The van der Waals surface area contributed by atoms with E-state index in [1.165, 1.54) is 12.8 Å². The monoisotopic (exact) mass is 299 g/mol. The number of rotatable bonds is 6. The van der Waals surface area contributed by atoms with E-state index in [9.17, 15) is 0 Å². The molecule has 2 rings (SSSR count). The second kappa shape index (κ2) is 6.46. The third-order valence-electron chi connectivity index (χ3n) is 4.69. The molecule has 1 aromatic rings. The van der Waals surface area contributed by atoms with Crippen molar-refractivity contribution < 1.29 is 4.74 Å². The topological polar surface area (TPSA) is 39.1 Å². The average Bonchev–Trinajstić information content (AvgIpc) is 3.04. The van der Waals surface area contributed by atoms with Crippen molar-refractivity contribution in [3.8, 4) is 0 Å². The summed E-state index contributed by atoms with van der Waals surface area (Å²) >= 11 is 6.44. The molecule has 1 unspecified atom stereocenters. The Balaban J connectivity index is 2.26. The highest BCUT2D eigenvalue weighted by Gasteiger charge is 2.41. The summed E-state index contributed by atoms with van der Waals surface area (Å²) in [4.78, 5) is 0. The summed E-state index contributed by atoms with van der Waals surface area (Å²) in [5.74, 6) is 0. The number of ether oxygens (including phenoxy) is 1. The van der Waals surface area contributed by atoms with Crippen LogP contribution in [0.15, 0.2) is 0 Å². The molecular formula is C15H26ClN3O. The first-order valence-electron chi connectivity index (χ1n) is 7.52. The van der Waals surface area contributed by atoms with Gasteiger partial charge in [-0.2, -0.15) is 5.10 Å². The Bertz CT molecular complexity index is 452. The molecular weight excluding hydrogens is 274 g/mol. The zero-order valence-electron chi connectivity index (χ0n) is 13.0. The van der Waals surface area contributed by atoms with Gasteiger partial charge in [0.25, 0.3) is 0 Å². The standard InChI is InChI=1S/C15H26ClN3O/c1-5-19-12(14(16)11(2)18-19)10-13(17-3)15(20-4)8-6-7-9-15/h13,17H,5-10H2,1-4H3. The second-order valence-electron chi connectivity index (χ2n) is 5.68. The Labute approximate surface area is 126 Å². The average molecular weight is 300 g/mol. The van der Waals surface area contributed by atoms with Gasteiger partial charge in [0.1, 0.15) is 0 Å². The third kappa shape index (κ3) is 2.74. The highest BCUT2D eigenvalue weighted by atomic mass is 35.5. The predicted octanol–water partition coefficient (Wildman–Crippen LogP) is 2.95. The highest BCUT2D eigenvalue weighted by Crippen LogP contribution is 2.37. The Hall–Kier alpha value is -0.580. The summed E-state index contributed by atoms with van der Waals surface area (Å²) in [5, 5.41) is 8.76. The molecule has 0 aromatic carbocycles. The van der Waals surface area contributed by atoms with Crippen molar-refractivity contribution >= 4 is 11.6 Å². The molecule has 1 atom stereocenters. The molecule has 1 aliphatic rings. The van der Waals surface area contributed by atoms with Gasteiger partial charge in [0.05, 0.1) is 22.0 Å². The van der Waals surface area contributed by atoms with Crippen molar-refractivity contribution in [2.45, 2.75) is 64.1 Å². The maximum Gasteiger partial charge on any atom is 0.0847 e. The van der Waals surface area contributed by atoms with E-state index in [-0.39, 0.29) is 11.6 Å². The number of likely N-dealkylation sites (N-methyl/N-ethyl adjacent to an activating group) is 1. The first-order valence-corrected chi connectivity index (χ1v) is 7.90. The molecule has 4 nitrogen and oxygen atoms in total. The lowest BCUT2D eigenvalue weighted by Crippen LogP contribution is -2.50. The van der Waals surface area contributed by atoms with Gasteiger partial charge in [0.15, 0.2) is 0 Å². The van der Waals surface area contributed by atoms with E-state index in [1.54, 1.807) is 0 Å². The van der Waals surface area contributed by atoms with Crippen LogP contribution in [-0.2, 0) is 17.7 Å². The fourth-order valence-electron chi connectivity index (χ4n) is 3.48. The van der Waals surface area contributed by atoms with Crippen LogP contribution in [0.5, 0.6) is 0 Å². The minimum atomic E-state index is -0.0607. The smallest absolute Gasteiger partial charge is 0.0847 e. The highest BCUT2D eigenvalue weighted by molar-refractivity contribution is 6.31. The van der Waals surface area contributed by atoms with E-state index in [4.69, 9.17) is 16.3 Å². The van der Waals surface area contributed by atoms with Crippen molar-refractivity contribution in [1.82, 2.24) is 15.1 Å². The molecule has 1 saturated carbocycles. The van der Waals surface area contributed by atoms with Gasteiger partial charge in [-0.1, -0.05) is 24.4 Å². The first-order chi connectivity index (χ1) is 9.57. The van der Waals surface area contributed by atoms with Gasteiger partial charge in [-0.05, 0) is 33.7 Å². The number of methoxy groups -OCH3 is 1. The Morgan fingerprint density at radius 1 is 1.45 bits per heavy atom. The molecule has 0 amide bonds. The maximum absolute atomic E-state index is 6.44. The molecule has 0 aliphatic heterocycles. The summed E-state index contributed by atoms with van der Waals surface area (Å²) in [6, 6.07) is 0.272. The largest absolute Gasteiger partial charge is 0.377 e. The van der Waals surface area contributed by atoms with E-state index in [1.807, 2.05) is 25.8 Å². The molecule has 1 N–H and O–H groups in total. The van der Waals surface area contributed by atoms with Gasteiger partial charge in [0, 0.05) is 26.1 Å². The Kier molecular flexibility index (Phi) is 5.10. The van der Waals surface area contributed by atoms with Crippen LogP contribution in [0.4, 0.5) is 0 Å². The molecule has 0 radical (unpaired) electrons. The van der Waals surface area contributed by atoms with Crippen LogP contribution in [0.3, 0.4) is 0 Å². The summed E-state index contributed by atoms with van der Waals surface area (Å²) in [6.07, 6.45) is 5.58. The van der Waals surface area contributed by atoms with E-state index in [2.05, 4.69) is 17.3 Å². The van der Waals surface area contributed by atoms with Crippen LogP contribution < -0.4 is 5.32 Å². The molecule has 1 aliphatic carbocycles. The number of hydrogen-bond donors (Lipinski definition) is 1. The van der Waals surface area contributed by atoms with Crippen LogP contribution in [0.1, 0.15) is 44.0 Å². The predicted molar refractivity (Wildman–Crippen MR) is 82.4 cm³/mol. The van der Waals surface area contributed by atoms with Crippen molar-refractivity contribution in [2.24, 2.45) is 0 Å². The van der Waals surface area contributed by atoms with Crippen molar-refractivity contribution in [3.63, 3.8) is 0 Å². The molecule has 0 spiro atoms. The lowest BCUT2D eigenvalue weighted by molar-refractivity contribution is -0.0340. The number of aromatic nitrogens is 2. The van der Waals surface area contributed by atoms with E-state index in [0.717, 1.165) is 42.2 Å². The van der Waals surface area contributed by atoms with Crippen LogP contribution in [0.25, 0.3) is 0 Å². The van der Waals surface area contributed by atoms with Crippen LogP contribution in [0.2, 0.25) is 5.02 Å². The fourth-order valence-corrected chi connectivity index (χ4v) is 3.69. The van der Waals surface area contributed by atoms with Crippen LogP contribution in [0, 0.1) is 6.92 Å². The lowest BCUT2D eigenvalue weighted by atomic mass is 9.88. The molecule has 114 valence electrons. The Morgan fingerprint density at radius 3 is 2.60 bits per heavy atom. The summed E-state index contributed by atoms with van der Waals surface area (Å²) < 4.78 is 7.92. The fraction of sp³-hybridized carbons (Fsp3) is 0.800. The van der Waals surface area contributed by atoms with Crippen LogP contribution >= 0.6 is 11.6 Å². The number of aryl methyl sites for hydroxylation is 2. The second-order valence-corrected chi connectivity index (χ2v) is 6.06. The summed E-state index contributed by atoms with van der Waals surface area (Å²) in [5.41, 5.74) is 1.97. The SMILES string of the molecule is CCn1nc(C)c(Cl)c1CC(NC)C1(OC)CCCC1. The number of nitrogens with zero attached hydrogens (tertiary/aromatic N) is 2. The molecule has 20 heavy (non-hydrogen) atoms. The molecule has 0 saturated heterocycles. The van der Waals surface area contributed by atoms with E-state index >= 15 is 0 Å². The number of halogens is 1. The quantitative estimate of drug-likeness (QED) is 0.878. The zero-order valence-corrected chi connectivity index (χ0v) is 13.8. The van der Waals surface area contributed by atoms with Crippen LogP contribution in [-0.4, -0.2) is 35.6 Å². The minimum absolute atomic E-state index is 0.0607. The van der Waals surface area contributed by atoms with Gasteiger partial charge < -0.3 is 10.1 Å². The molecule has 0 bridgehead atoms. The number of nitrogens with one attached hydrogen (secondary N) is 1. The van der Waals surface area contributed by atoms with Crippen molar-refractivity contribution in [3.05, 3.63) is 16.4 Å². The maximum atomic E-state index is 6.44. The van der Waals surface area contributed by atoms with Gasteiger partial charge >= 0.3 is 0 Å². The van der Waals surface area contributed by atoms with Gasteiger partial charge in [0.2, 0.25) is 0 Å². The molecule has 1 fully saturated rings.